The summed E-state index contributed by atoms with van der Waals surface area (Å²) in [7, 11) is 2.97. The van der Waals surface area contributed by atoms with Crippen LogP contribution in [-0.4, -0.2) is 51.3 Å². The average molecular weight is 478 g/mol. The molecule has 172 valence electrons. The van der Waals surface area contributed by atoms with Gasteiger partial charge in [0.2, 0.25) is 5.88 Å². The van der Waals surface area contributed by atoms with Gasteiger partial charge in [-0.25, -0.2) is 19.9 Å². The molecule has 3 aromatic heterocycles. The number of imidazole rings is 1. The van der Waals surface area contributed by atoms with Gasteiger partial charge in [0.05, 0.1) is 20.4 Å². The maximum absolute atomic E-state index is 12.8. The van der Waals surface area contributed by atoms with Crippen molar-refractivity contribution in [3.05, 3.63) is 42.6 Å². The first-order chi connectivity index (χ1) is 15.8. The molecule has 0 saturated carbocycles. The molecule has 0 atom stereocenters. The normalized spacial score (nSPS) is 11.5. The zero-order valence-electron chi connectivity index (χ0n) is 17.5. The Bertz CT molecular complexity index is 1280. The monoisotopic (exact) mass is 478 g/mol. The summed E-state index contributed by atoms with van der Waals surface area (Å²) in [5.41, 5.74) is 1.09. The summed E-state index contributed by atoms with van der Waals surface area (Å²) in [5, 5.41) is 0. The number of halogens is 3. The van der Waals surface area contributed by atoms with Crippen molar-refractivity contribution in [1.29, 1.82) is 0 Å². The van der Waals surface area contributed by atoms with Gasteiger partial charge in [-0.2, -0.15) is 0 Å². The second-order valence-corrected chi connectivity index (χ2v) is 7.01. The molecule has 4 rings (SSSR count). The number of hydrogen-bond acceptors (Lipinski definition) is 9. The van der Waals surface area contributed by atoms with Crippen LogP contribution in [0, 0.1) is 0 Å². The smallest absolute Gasteiger partial charge is 0.494 e. The number of hydrogen-bond donors (Lipinski definition) is 1. The van der Waals surface area contributed by atoms with Gasteiger partial charge in [-0.3, -0.25) is 4.57 Å². The summed E-state index contributed by atoms with van der Waals surface area (Å²) < 4.78 is 57.9. The van der Waals surface area contributed by atoms with E-state index < -0.39 is 12.2 Å². The largest absolute Gasteiger partial charge is 0.574 e. The van der Waals surface area contributed by atoms with Gasteiger partial charge in [0.15, 0.2) is 22.9 Å². The molecule has 1 aromatic carbocycles. The third kappa shape index (κ3) is 4.58. The van der Waals surface area contributed by atoms with Crippen molar-refractivity contribution in [2.45, 2.75) is 6.36 Å². The van der Waals surface area contributed by atoms with Crippen molar-refractivity contribution in [2.75, 3.05) is 25.2 Å². The van der Waals surface area contributed by atoms with Gasteiger partial charge in [0.1, 0.15) is 22.9 Å². The highest BCUT2D eigenvalue weighted by Gasteiger charge is 2.32. The van der Waals surface area contributed by atoms with E-state index in [0.29, 0.717) is 28.7 Å². The van der Waals surface area contributed by atoms with Gasteiger partial charge in [-0.1, -0.05) is 24.1 Å². The number of anilines is 1. The summed E-state index contributed by atoms with van der Waals surface area (Å²) in [6, 6.07) is 9.15. The van der Waals surface area contributed by atoms with E-state index in [4.69, 9.17) is 9.47 Å². The molecule has 0 unspecified atom stereocenters. The third-order valence-corrected chi connectivity index (χ3v) is 4.79. The van der Waals surface area contributed by atoms with Gasteiger partial charge >= 0.3 is 6.36 Å². The summed E-state index contributed by atoms with van der Waals surface area (Å²) in [6.45, 7) is 0. The number of methoxy groups -OCH3 is 2. The van der Waals surface area contributed by atoms with Crippen LogP contribution in [0.2, 0.25) is 0 Å². The Morgan fingerprint density at radius 3 is 2.30 bits per heavy atom. The summed E-state index contributed by atoms with van der Waals surface area (Å²) >= 11 is 1.32. The van der Waals surface area contributed by atoms with Crippen molar-refractivity contribution in [2.24, 2.45) is 0 Å². The highest BCUT2D eigenvalue weighted by molar-refractivity contribution is 7.99. The quantitative estimate of drug-likeness (QED) is 0.386. The minimum absolute atomic E-state index is 0.101. The maximum Gasteiger partial charge on any atom is 0.574 e. The lowest BCUT2D eigenvalue weighted by Crippen LogP contribution is -2.18. The minimum Gasteiger partial charge on any atom is -0.494 e. The highest BCUT2D eigenvalue weighted by Crippen LogP contribution is 2.38. The van der Waals surface area contributed by atoms with E-state index in [9.17, 15) is 13.2 Å². The van der Waals surface area contributed by atoms with Crippen LogP contribution in [-0.2, 0) is 0 Å². The zero-order valence-corrected chi connectivity index (χ0v) is 18.4. The Morgan fingerprint density at radius 1 is 0.970 bits per heavy atom. The molecule has 9 nitrogen and oxygen atoms in total. The Morgan fingerprint density at radius 2 is 1.67 bits per heavy atom. The van der Waals surface area contributed by atoms with Crippen LogP contribution in [0.3, 0.4) is 0 Å². The highest BCUT2D eigenvalue weighted by atomic mass is 32.2. The van der Waals surface area contributed by atoms with Gasteiger partial charge in [0, 0.05) is 12.3 Å². The second kappa shape index (κ2) is 9.02. The van der Waals surface area contributed by atoms with Gasteiger partial charge in [0.25, 0.3) is 0 Å². The lowest BCUT2D eigenvalue weighted by molar-refractivity contribution is -0.276. The van der Waals surface area contributed by atoms with E-state index in [1.807, 2.05) is 6.26 Å². The molecule has 0 radical (unpaired) electrons. The molecule has 4 aromatic rings. The van der Waals surface area contributed by atoms with Gasteiger partial charge in [-0.15, -0.1) is 13.2 Å². The molecule has 0 fully saturated rings. The fourth-order valence-electron chi connectivity index (χ4n) is 3.16. The molecule has 0 bridgehead atoms. The van der Waals surface area contributed by atoms with E-state index in [2.05, 4.69) is 29.4 Å². The molecule has 33 heavy (non-hydrogen) atoms. The lowest BCUT2D eigenvalue weighted by atomic mass is 10.2. The van der Waals surface area contributed by atoms with E-state index in [1.165, 1.54) is 44.5 Å². The van der Waals surface area contributed by atoms with Gasteiger partial charge < -0.3 is 18.9 Å². The number of alkyl halides is 3. The number of aromatic nitrogens is 5. The second-order valence-electron chi connectivity index (χ2n) is 6.40. The fourth-order valence-corrected chi connectivity index (χ4v) is 3.46. The maximum atomic E-state index is 12.8. The molecule has 13 heteroatoms. The molecule has 0 saturated heterocycles. The molecular weight excluding hydrogens is 461 g/mol. The minimum atomic E-state index is -4.89. The Hall–Kier alpha value is -3.74. The number of rotatable bonds is 7. The number of pyridine rings is 1. The molecule has 0 aliphatic carbocycles. The molecule has 0 amide bonds. The Kier molecular flexibility index (Phi) is 6.14. The lowest BCUT2D eigenvalue weighted by Gasteiger charge is -2.16. The number of fused-ring (bicyclic) bond motifs is 1. The van der Waals surface area contributed by atoms with Crippen LogP contribution in [0.5, 0.6) is 17.4 Å². The van der Waals surface area contributed by atoms with Crippen molar-refractivity contribution >= 4 is 29.1 Å². The summed E-state index contributed by atoms with van der Waals surface area (Å²) in [4.78, 5) is 17.4. The van der Waals surface area contributed by atoms with E-state index in [-0.39, 0.29) is 17.2 Å². The van der Waals surface area contributed by atoms with Crippen LogP contribution in [0.15, 0.2) is 42.6 Å². The molecule has 0 aliphatic rings. The Labute approximate surface area is 190 Å². The third-order valence-electron chi connectivity index (χ3n) is 4.38. The van der Waals surface area contributed by atoms with Crippen molar-refractivity contribution in [3.63, 3.8) is 0 Å². The van der Waals surface area contributed by atoms with Crippen molar-refractivity contribution < 1.29 is 27.4 Å². The first-order valence-corrected chi connectivity index (χ1v) is 10.6. The predicted molar refractivity (Wildman–Crippen MR) is 117 cm³/mol. The Balaban J connectivity index is 2.02. The van der Waals surface area contributed by atoms with Crippen LogP contribution >= 0.6 is 11.9 Å². The molecule has 0 spiro atoms. The van der Waals surface area contributed by atoms with Gasteiger partial charge in [-0.05, 0) is 18.2 Å². The molecule has 0 aliphatic heterocycles. The molecule has 1 N–H and O–H groups in total. The number of nitrogens with zero attached hydrogens (tertiary/aromatic N) is 5. The molecular formula is C20H17F3N6O3S. The van der Waals surface area contributed by atoms with Crippen molar-refractivity contribution in [1.82, 2.24) is 24.5 Å². The molecule has 3 heterocycles. The number of para-hydroxylation sites is 1. The first-order valence-electron chi connectivity index (χ1n) is 9.33. The first kappa shape index (κ1) is 22.5. The zero-order chi connectivity index (χ0) is 23.6. The van der Waals surface area contributed by atoms with E-state index >= 15 is 0 Å². The van der Waals surface area contributed by atoms with Crippen LogP contribution < -0.4 is 18.9 Å². The SMILES string of the molecule is COc1cccc(OC)c1-n1c(-c2cccc(OC(F)(F)F)n2)nc2ncc(NSC)nc21. The van der Waals surface area contributed by atoms with E-state index in [1.54, 1.807) is 22.8 Å². The average Bonchev–Trinajstić information content (AvgIpc) is 3.16. The van der Waals surface area contributed by atoms with Crippen LogP contribution in [0.1, 0.15) is 0 Å². The van der Waals surface area contributed by atoms with Crippen LogP contribution in [0.4, 0.5) is 19.0 Å². The topological polar surface area (TPSA) is 96.2 Å². The predicted octanol–water partition coefficient (Wildman–Crippen LogP) is 4.48. The number of nitrogens with one attached hydrogen (secondary N) is 1. The van der Waals surface area contributed by atoms with E-state index in [0.717, 1.165) is 6.07 Å². The number of ether oxygens (including phenoxy) is 3. The summed E-state index contributed by atoms with van der Waals surface area (Å²) in [5.74, 6) is 0.835. The summed E-state index contributed by atoms with van der Waals surface area (Å²) in [6.07, 6.45) is -1.57. The van der Waals surface area contributed by atoms with Crippen molar-refractivity contribution in [3.8, 4) is 34.6 Å². The fraction of sp³-hybridized carbons (Fsp3) is 0.200. The standard InChI is InChI=1S/C20H17F3N6O3S/c1-30-12-7-5-8-13(31-2)16(12)29-18(11-6-4-9-15(25-11)32-20(21,22)23)27-17-19(29)26-14(10-24-17)28-33-3/h4-10H,1-3H3,(H,26,28). The number of benzene rings is 1. The van der Waals surface area contributed by atoms with Crippen LogP contribution in [0.25, 0.3) is 28.5 Å².